The molecule has 0 aliphatic carbocycles. The Balaban J connectivity index is 2.41. The van der Waals surface area contributed by atoms with Crippen LogP contribution in [0.5, 0.6) is 0 Å². The third kappa shape index (κ3) is 2.80. The molecule has 2 aromatic carbocycles. The molecule has 0 amide bonds. The van der Waals surface area contributed by atoms with Crippen molar-refractivity contribution in [1.29, 1.82) is 0 Å². The topological polar surface area (TPSA) is 26.0 Å². The molecule has 0 saturated carbocycles. The quantitative estimate of drug-likeness (QED) is 0.821. The van der Waals surface area contributed by atoms with Gasteiger partial charge in [-0.15, -0.1) is 0 Å². The van der Waals surface area contributed by atoms with E-state index < -0.39 is 7.41 Å². The van der Waals surface area contributed by atoms with Crippen LogP contribution in [0.4, 0.5) is 0 Å². The van der Waals surface area contributed by atoms with Gasteiger partial charge < -0.3 is 0 Å². The molecule has 2 rings (SSSR count). The van der Waals surface area contributed by atoms with Crippen LogP contribution in [0.2, 0.25) is 0 Å². The van der Waals surface area contributed by atoms with Gasteiger partial charge in [0, 0.05) is 0 Å². The van der Waals surface area contributed by atoms with Gasteiger partial charge in [0.05, 0.1) is 0 Å². The zero-order chi connectivity index (χ0) is 12.8. The van der Waals surface area contributed by atoms with Crippen LogP contribution >= 0.6 is 7.41 Å². The van der Waals surface area contributed by atoms with Gasteiger partial charge in [0.15, 0.2) is 0 Å². The molecule has 18 heavy (non-hydrogen) atoms. The molecule has 1 nitrogen and oxygen atoms in total. The molecule has 0 atom stereocenters. The predicted molar refractivity (Wildman–Crippen MR) is 84.4 cm³/mol. The van der Waals surface area contributed by atoms with E-state index in [9.17, 15) is 0 Å². The molecule has 96 valence electrons. The van der Waals surface area contributed by atoms with Crippen molar-refractivity contribution in [2.45, 2.75) is 19.8 Å². The molecule has 0 aromatic heterocycles. The van der Waals surface area contributed by atoms with E-state index >= 15 is 0 Å². The molecule has 0 heterocycles. The van der Waals surface area contributed by atoms with Crippen molar-refractivity contribution in [3.05, 3.63) is 60.7 Å². The van der Waals surface area contributed by atoms with Gasteiger partial charge in [-0.25, -0.2) is 0 Å². The zero-order valence-corrected chi connectivity index (χ0v) is 12.0. The standard InChI is InChI=1S/C16H22NP/c1-2-3-14-18(17,15-10-6-4-7-11-15)16-12-8-5-9-13-16/h4-13,18H,2-3,14,17H2,1H3. The van der Waals surface area contributed by atoms with E-state index in [1.807, 2.05) is 0 Å². The van der Waals surface area contributed by atoms with Gasteiger partial charge in [-0.3, -0.25) is 0 Å². The average Bonchev–Trinajstić information content (AvgIpc) is 2.46. The summed E-state index contributed by atoms with van der Waals surface area (Å²) >= 11 is 0. The Bertz CT molecular complexity index is 427. The fraction of sp³-hybridized carbons (Fsp3) is 0.250. The predicted octanol–water partition coefficient (Wildman–Crippen LogP) is 3.06. The van der Waals surface area contributed by atoms with Crippen molar-refractivity contribution in [2.24, 2.45) is 5.50 Å². The van der Waals surface area contributed by atoms with E-state index in [1.54, 1.807) is 0 Å². The summed E-state index contributed by atoms with van der Waals surface area (Å²) in [6.07, 6.45) is 3.52. The Morgan fingerprint density at radius 2 is 1.28 bits per heavy atom. The van der Waals surface area contributed by atoms with Gasteiger partial charge in [-0.05, 0) is 0 Å². The van der Waals surface area contributed by atoms with E-state index in [0.717, 1.165) is 6.16 Å². The molecule has 0 spiro atoms. The summed E-state index contributed by atoms with van der Waals surface area (Å²) in [5.41, 5.74) is 6.87. The van der Waals surface area contributed by atoms with Crippen molar-refractivity contribution in [2.75, 3.05) is 6.16 Å². The van der Waals surface area contributed by atoms with Crippen LogP contribution in [0.25, 0.3) is 0 Å². The molecular weight excluding hydrogens is 237 g/mol. The van der Waals surface area contributed by atoms with Crippen LogP contribution < -0.4 is 16.1 Å². The summed E-state index contributed by atoms with van der Waals surface area (Å²) < 4.78 is 0. The Morgan fingerprint density at radius 3 is 1.67 bits per heavy atom. The van der Waals surface area contributed by atoms with Crippen molar-refractivity contribution in [1.82, 2.24) is 0 Å². The minimum absolute atomic E-state index is 1.12. The van der Waals surface area contributed by atoms with Gasteiger partial charge in [0.2, 0.25) is 0 Å². The fourth-order valence-corrected chi connectivity index (χ4v) is 5.78. The SMILES string of the molecule is CCCC[PH](N)(c1ccccc1)c1ccccc1. The maximum atomic E-state index is 6.87. The minimum atomic E-state index is -2.02. The van der Waals surface area contributed by atoms with Gasteiger partial charge in [0.1, 0.15) is 0 Å². The second-order valence-electron chi connectivity index (χ2n) is 4.81. The number of benzene rings is 2. The van der Waals surface area contributed by atoms with Gasteiger partial charge in [-0.2, -0.15) is 0 Å². The fourth-order valence-electron chi connectivity index (χ4n) is 2.38. The van der Waals surface area contributed by atoms with Crippen LogP contribution in [0, 0.1) is 0 Å². The van der Waals surface area contributed by atoms with Crippen LogP contribution in [0.3, 0.4) is 0 Å². The van der Waals surface area contributed by atoms with Crippen LogP contribution in [0.1, 0.15) is 19.8 Å². The maximum absolute atomic E-state index is 6.87. The van der Waals surface area contributed by atoms with Crippen molar-refractivity contribution < 1.29 is 0 Å². The monoisotopic (exact) mass is 259 g/mol. The van der Waals surface area contributed by atoms with E-state index in [1.165, 1.54) is 23.5 Å². The molecule has 2 aromatic rings. The van der Waals surface area contributed by atoms with Crippen LogP contribution in [-0.2, 0) is 0 Å². The van der Waals surface area contributed by atoms with Gasteiger partial charge in [0.25, 0.3) is 0 Å². The van der Waals surface area contributed by atoms with E-state index in [0.29, 0.717) is 0 Å². The summed E-state index contributed by atoms with van der Waals surface area (Å²) in [7, 11) is -2.02. The molecular formula is C16H22NP. The third-order valence-electron chi connectivity index (χ3n) is 3.50. The Labute approximate surface area is 110 Å². The summed E-state index contributed by atoms with van der Waals surface area (Å²) in [6, 6.07) is 21.3. The summed E-state index contributed by atoms with van der Waals surface area (Å²) in [5, 5.41) is 2.68. The molecule has 2 heteroatoms. The molecule has 0 unspecified atom stereocenters. The van der Waals surface area contributed by atoms with Crippen LogP contribution in [0.15, 0.2) is 60.7 Å². The van der Waals surface area contributed by atoms with Crippen molar-refractivity contribution >= 4 is 18.0 Å². The molecule has 0 bridgehead atoms. The Morgan fingerprint density at radius 1 is 0.833 bits per heavy atom. The summed E-state index contributed by atoms with van der Waals surface area (Å²) in [6.45, 7) is 2.23. The number of hydrogen-bond acceptors (Lipinski definition) is 1. The normalized spacial score (nSPS) is 12.3. The number of hydrogen-bond donors (Lipinski definition) is 1. The molecule has 0 aliphatic rings. The Hall–Kier alpha value is -1.17. The second kappa shape index (κ2) is 6.13. The van der Waals surface area contributed by atoms with E-state index in [4.69, 9.17) is 5.50 Å². The number of rotatable bonds is 5. The molecule has 0 radical (unpaired) electrons. The molecule has 0 aliphatic heterocycles. The summed E-state index contributed by atoms with van der Waals surface area (Å²) in [5.74, 6) is 0. The molecule has 0 saturated heterocycles. The first-order chi connectivity index (χ1) is 8.77. The van der Waals surface area contributed by atoms with Gasteiger partial charge in [-0.1, -0.05) is 0 Å². The summed E-state index contributed by atoms with van der Waals surface area (Å²) in [4.78, 5) is 0. The molecule has 0 fully saturated rings. The van der Waals surface area contributed by atoms with Gasteiger partial charge >= 0.3 is 110 Å². The first kappa shape index (κ1) is 13.3. The molecule has 2 N–H and O–H groups in total. The van der Waals surface area contributed by atoms with E-state index in [-0.39, 0.29) is 0 Å². The second-order valence-corrected chi connectivity index (χ2v) is 8.40. The number of unbranched alkanes of at least 4 members (excludes halogenated alkanes) is 1. The first-order valence-electron chi connectivity index (χ1n) is 6.67. The number of nitrogens with two attached hydrogens (primary N) is 1. The third-order valence-corrected chi connectivity index (χ3v) is 7.37. The Kier molecular flexibility index (Phi) is 4.52. The zero-order valence-electron chi connectivity index (χ0n) is 11.0. The van der Waals surface area contributed by atoms with Crippen LogP contribution in [-0.4, -0.2) is 6.16 Å². The van der Waals surface area contributed by atoms with Crippen molar-refractivity contribution in [3.8, 4) is 0 Å². The first-order valence-corrected chi connectivity index (χ1v) is 8.96. The average molecular weight is 259 g/mol. The van der Waals surface area contributed by atoms with E-state index in [2.05, 4.69) is 67.6 Å². The van der Waals surface area contributed by atoms with Crippen molar-refractivity contribution in [3.63, 3.8) is 0 Å².